The molecule has 0 bridgehead atoms. The van der Waals surface area contributed by atoms with Crippen molar-refractivity contribution >= 4 is 37.4 Å². The van der Waals surface area contributed by atoms with Crippen LogP contribution in [0.3, 0.4) is 0 Å². The Balaban J connectivity index is 2.90. The lowest BCUT2D eigenvalue weighted by molar-refractivity contribution is 1.35. The highest BCUT2D eigenvalue weighted by Gasteiger charge is 2.09. The molecule has 14 heavy (non-hydrogen) atoms. The highest BCUT2D eigenvalue weighted by molar-refractivity contribution is 9.08. The van der Waals surface area contributed by atoms with Gasteiger partial charge in [-0.3, -0.25) is 0 Å². The molecule has 0 aliphatic heterocycles. The first-order chi connectivity index (χ1) is 6.77. The first-order valence-electron chi connectivity index (χ1n) is 4.23. The monoisotopic (exact) mass is 265 g/mol. The van der Waals surface area contributed by atoms with E-state index < -0.39 is 0 Å². The second-order valence-corrected chi connectivity index (χ2v) is 4.61. The largest absolute Gasteiger partial charge is 0.192 e. The fourth-order valence-corrected chi connectivity index (χ4v) is 3.23. The number of rotatable bonds is 1. The van der Waals surface area contributed by atoms with Gasteiger partial charge in [0.05, 0.1) is 10.3 Å². The Morgan fingerprint density at radius 3 is 3.00 bits per heavy atom. The average molecular weight is 266 g/mol. The Bertz CT molecular complexity index is 522. The van der Waals surface area contributed by atoms with E-state index in [1.165, 1.54) is 16.5 Å². The average Bonchev–Trinajstić information content (AvgIpc) is 2.65. The van der Waals surface area contributed by atoms with Gasteiger partial charge < -0.3 is 0 Å². The van der Waals surface area contributed by atoms with Gasteiger partial charge >= 0.3 is 0 Å². The van der Waals surface area contributed by atoms with E-state index in [-0.39, 0.29) is 0 Å². The summed E-state index contributed by atoms with van der Waals surface area (Å²) in [6.45, 7) is 2.05. The van der Waals surface area contributed by atoms with Crippen molar-refractivity contribution in [2.24, 2.45) is 0 Å². The van der Waals surface area contributed by atoms with Crippen LogP contribution in [0.2, 0.25) is 0 Å². The van der Waals surface area contributed by atoms with E-state index in [1.54, 1.807) is 11.3 Å². The summed E-state index contributed by atoms with van der Waals surface area (Å²) >= 11 is 5.12. The van der Waals surface area contributed by atoms with Crippen molar-refractivity contribution < 1.29 is 0 Å². The molecule has 1 heterocycles. The van der Waals surface area contributed by atoms with Gasteiger partial charge in [-0.1, -0.05) is 15.9 Å². The minimum absolute atomic E-state index is 0.789. The van der Waals surface area contributed by atoms with Crippen molar-refractivity contribution in [2.45, 2.75) is 12.3 Å². The van der Waals surface area contributed by atoms with E-state index in [0.29, 0.717) is 0 Å². The molecule has 0 aliphatic carbocycles. The minimum Gasteiger partial charge on any atom is -0.192 e. The predicted molar refractivity (Wildman–Crippen MR) is 63.9 cm³/mol. The van der Waals surface area contributed by atoms with Crippen LogP contribution in [0.25, 0.3) is 10.1 Å². The summed E-state index contributed by atoms with van der Waals surface area (Å²) in [4.78, 5) is 0. The number of fused-ring (bicyclic) bond motifs is 1. The maximum absolute atomic E-state index is 8.99. The molecule has 0 saturated heterocycles. The third kappa shape index (κ3) is 1.35. The van der Waals surface area contributed by atoms with Crippen LogP contribution in [0.1, 0.15) is 16.7 Å². The van der Waals surface area contributed by atoms with Crippen molar-refractivity contribution in [1.29, 1.82) is 5.26 Å². The lowest BCUT2D eigenvalue weighted by atomic mass is 10.0. The van der Waals surface area contributed by atoms with Crippen LogP contribution in [0, 0.1) is 18.3 Å². The third-order valence-corrected chi connectivity index (χ3v) is 3.83. The first kappa shape index (κ1) is 9.70. The fourth-order valence-electron chi connectivity index (χ4n) is 1.60. The summed E-state index contributed by atoms with van der Waals surface area (Å²) in [7, 11) is 0. The van der Waals surface area contributed by atoms with E-state index in [9.17, 15) is 0 Å². The lowest BCUT2D eigenvalue weighted by Crippen LogP contribution is -1.87. The summed E-state index contributed by atoms with van der Waals surface area (Å²) in [5.41, 5.74) is 3.27. The standard InChI is InChI=1S/C11H8BrNS/c1-7-4-8(6-13)11-9(2-3-14-11)10(7)5-12/h2-4H,5H2,1H3. The van der Waals surface area contributed by atoms with E-state index in [1.807, 2.05) is 11.4 Å². The smallest absolute Gasteiger partial charge is 0.101 e. The van der Waals surface area contributed by atoms with Crippen LogP contribution in [-0.2, 0) is 5.33 Å². The van der Waals surface area contributed by atoms with Gasteiger partial charge in [-0.25, -0.2) is 0 Å². The second kappa shape index (κ2) is 3.72. The van der Waals surface area contributed by atoms with Crippen LogP contribution >= 0.6 is 27.3 Å². The molecule has 0 aliphatic rings. The molecule has 0 N–H and O–H groups in total. The molecule has 3 heteroatoms. The maximum atomic E-state index is 8.99. The number of nitrogens with zero attached hydrogens (tertiary/aromatic N) is 1. The van der Waals surface area contributed by atoms with Crippen LogP contribution in [0.15, 0.2) is 17.5 Å². The molecule has 70 valence electrons. The molecular formula is C11H8BrNS. The first-order valence-corrected chi connectivity index (χ1v) is 6.23. The quantitative estimate of drug-likeness (QED) is 0.716. The Labute approximate surface area is 95.1 Å². The number of hydrogen-bond acceptors (Lipinski definition) is 2. The maximum Gasteiger partial charge on any atom is 0.101 e. The highest BCUT2D eigenvalue weighted by atomic mass is 79.9. The zero-order valence-corrected chi connectivity index (χ0v) is 10.1. The molecule has 0 unspecified atom stereocenters. The van der Waals surface area contributed by atoms with Crippen LogP contribution in [0.5, 0.6) is 0 Å². The van der Waals surface area contributed by atoms with Gasteiger partial charge in [-0.05, 0) is 40.9 Å². The molecule has 0 saturated carbocycles. The van der Waals surface area contributed by atoms with Gasteiger partial charge in [0.2, 0.25) is 0 Å². The minimum atomic E-state index is 0.789. The molecule has 2 aromatic rings. The van der Waals surface area contributed by atoms with Gasteiger partial charge in [0.1, 0.15) is 6.07 Å². The van der Waals surface area contributed by atoms with Crippen molar-refractivity contribution in [2.75, 3.05) is 0 Å². The fraction of sp³-hybridized carbons (Fsp3) is 0.182. The van der Waals surface area contributed by atoms with E-state index in [2.05, 4.69) is 35.0 Å². The SMILES string of the molecule is Cc1cc(C#N)c2sccc2c1CBr. The lowest BCUT2D eigenvalue weighted by Gasteiger charge is -2.05. The zero-order valence-electron chi connectivity index (χ0n) is 7.67. The van der Waals surface area contributed by atoms with Crippen molar-refractivity contribution in [3.8, 4) is 6.07 Å². The predicted octanol–water partition coefficient (Wildman–Crippen LogP) is 3.98. The molecule has 2 rings (SSSR count). The summed E-state index contributed by atoms with van der Waals surface area (Å²) in [6.07, 6.45) is 0. The van der Waals surface area contributed by atoms with Crippen molar-refractivity contribution in [1.82, 2.24) is 0 Å². The van der Waals surface area contributed by atoms with Gasteiger partial charge in [-0.2, -0.15) is 5.26 Å². The number of nitriles is 1. The van der Waals surface area contributed by atoms with Gasteiger partial charge in [0.15, 0.2) is 0 Å². The van der Waals surface area contributed by atoms with Crippen LogP contribution in [-0.4, -0.2) is 0 Å². The van der Waals surface area contributed by atoms with Crippen molar-refractivity contribution in [3.05, 3.63) is 34.2 Å². The number of halogens is 1. The molecular weight excluding hydrogens is 258 g/mol. The van der Waals surface area contributed by atoms with Crippen LogP contribution in [0.4, 0.5) is 0 Å². The molecule has 0 atom stereocenters. The Morgan fingerprint density at radius 1 is 1.57 bits per heavy atom. The highest BCUT2D eigenvalue weighted by Crippen LogP contribution is 2.31. The number of aryl methyl sites for hydroxylation is 1. The third-order valence-electron chi connectivity index (χ3n) is 2.33. The molecule has 0 spiro atoms. The topological polar surface area (TPSA) is 23.8 Å². The Morgan fingerprint density at radius 2 is 2.36 bits per heavy atom. The summed E-state index contributed by atoms with van der Waals surface area (Å²) in [6, 6.07) is 6.30. The summed E-state index contributed by atoms with van der Waals surface area (Å²) in [5.74, 6) is 0. The van der Waals surface area contributed by atoms with Gasteiger partial charge in [-0.15, -0.1) is 11.3 Å². The van der Waals surface area contributed by atoms with E-state index in [0.717, 1.165) is 15.6 Å². The molecule has 0 amide bonds. The molecule has 0 fully saturated rings. The zero-order chi connectivity index (χ0) is 10.1. The molecule has 1 aromatic heterocycles. The van der Waals surface area contributed by atoms with E-state index in [4.69, 9.17) is 5.26 Å². The number of thiophene rings is 1. The summed E-state index contributed by atoms with van der Waals surface area (Å²) < 4.78 is 1.10. The Kier molecular flexibility index (Phi) is 2.58. The number of benzene rings is 1. The van der Waals surface area contributed by atoms with Gasteiger partial charge in [0.25, 0.3) is 0 Å². The molecule has 1 nitrogen and oxygen atoms in total. The number of alkyl halides is 1. The van der Waals surface area contributed by atoms with E-state index >= 15 is 0 Å². The molecule has 1 aromatic carbocycles. The molecule has 0 radical (unpaired) electrons. The van der Waals surface area contributed by atoms with Crippen LogP contribution < -0.4 is 0 Å². The normalized spacial score (nSPS) is 10.4. The summed E-state index contributed by atoms with van der Waals surface area (Å²) in [5, 5.41) is 13.1. The number of hydrogen-bond donors (Lipinski definition) is 0. The van der Waals surface area contributed by atoms with Crippen molar-refractivity contribution in [3.63, 3.8) is 0 Å². The second-order valence-electron chi connectivity index (χ2n) is 3.13. The Hall–Kier alpha value is -0.850. The van der Waals surface area contributed by atoms with Gasteiger partial charge in [0, 0.05) is 5.33 Å².